The first-order valence-electron chi connectivity index (χ1n) is 11.4. The van der Waals surface area contributed by atoms with Crippen LogP contribution in [0.5, 0.6) is 0 Å². The fourth-order valence-electron chi connectivity index (χ4n) is 4.80. The molecule has 0 unspecified atom stereocenters. The van der Waals surface area contributed by atoms with E-state index in [-0.39, 0.29) is 43.1 Å². The van der Waals surface area contributed by atoms with Crippen molar-refractivity contribution in [1.29, 1.82) is 5.26 Å². The minimum atomic E-state index is -4.14. The predicted octanol–water partition coefficient (Wildman–Crippen LogP) is 4.62. The third-order valence-electron chi connectivity index (χ3n) is 7.13. The number of likely N-dealkylation sites (tertiary alicyclic amines) is 1. The van der Waals surface area contributed by atoms with Crippen molar-refractivity contribution in [3.05, 3.63) is 41.6 Å². The van der Waals surface area contributed by atoms with E-state index >= 15 is 0 Å². The van der Waals surface area contributed by atoms with E-state index in [1.165, 1.54) is 0 Å². The van der Waals surface area contributed by atoms with Crippen LogP contribution >= 0.6 is 0 Å². The molecule has 2 aliphatic carbocycles. The number of hydrogen-bond donors (Lipinski definition) is 0. The molecule has 3 aliphatic rings. The summed E-state index contributed by atoms with van der Waals surface area (Å²) in [5, 5.41) is 12.9. The Morgan fingerprint density at radius 3 is 2.33 bits per heavy atom. The molecule has 33 heavy (non-hydrogen) atoms. The second kappa shape index (κ2) is 8.17. The maximum Gasteiger partial charge on any atom is 0.395 e. The predicted molar refractivity (Wildman–Crippen MR) is 113 cm³/mol. The molecule has 2 saturated carbocycles. The molecule has 6 nitrogen and oxygen atoms in total. The van der Waals surface area contributed by atoms with E-state index in [1.54, 1.807) is 30.3 Å². The first-order valence-corrected chi connectivity index (χ1v) is 11.4. The van der Waals surface area contributed by atoms with E-state index in [1.807, 2.05) is 9.80 Å². The van der Waals surface area contributed by atoms with Crippen LogP contribution in [-0.2, 0) is 0 Å². The van der Waals surface area contributed by atoms with E-state index in [0.29, 0.717) is 37.3 Å². The summed E-state index contributed by atoms with van der Waals surface area (Å²) < 4.78 is 45.3. The zero-order chi connectivity index (χ0) is 23.2. The zero-order valence-electron chi connectivity index (χ0n) is 18.1. The molecule has 1 saturated heterocycles. The summed E-state index contributed by atoms with van der Waals surface area (Å²) in [6.45, 7) is 1.19. The van der Waals surface area contributed by atoms with Crippen LogP contribution in [0.25, 0.3) is 11.3 Å². The fourth-order valence-corrected chi connectivity index (χ4v) is 4.80. The Kier molecular flexibility index (Phi) is 5.44. The fraction of sp³-hybridized carbons (Fsp3) is 0.542. The first kappa shape index (κ1) is 22.0. The van der Waals surface area contributed by atoms with Crippen LogP contribution in [0.4, 0.5) is 13.2 Å². The molecule has 3 fully saturated rings. The molecule has 1 aliphatic heterocycles. The van der Waals surface area contributed by atoms with Crippen LogP contribution in [0.3, 0.4) is 0 Å². The number of alkyl halides is 3. The number of nitrogens with zero attached hydrogens (tertiary/aromatic N) is 4. The summed E-state index contributed by atoms with van der Waals surface area (Å²) in [5.41, 5.74) is -0.0270. The van der Waals surface area contributed by atoms with E-state index in [4.69, 9.17) is 9.78 Å². The number of piperidine rings is 1. The Bertz CT molecular complexity index is 1060. The van der Waals surface area contributed by atoms with Crippen molar-refractivity contribution < 1.29 is 22.5 Å². The first-order chi connectivity index (χ1) is 15.8. The highest BCUT2D eigenvalue weighted by Gasteiger charge is 2.63. The van der Waals surface area contributed by atoms with Crippen molar-refractivity contribution in [3.63, 3.8) is 0 Å². The van der Waals surface area contributed by atoms with Gasteiger partial charge in [-0.15, -0.1) is 0 Å². The molecular weight excluding hydrogens is 433 g/mol. The van der Waals surface area contributed by atoms with Gasteiger partial charge in [-0.1, -0.05) is 5.16 Å². The lowest BCUT2D eigenvalue weighted by molar-refractivity contribution is -0.192. The van der Waals surface area contributed by atoms with Gasteiger partial charge in [0.05, 0.1) is 17.0 Å². The minimum Gasteiger partial charge on any atom is -0.355 e. The van der Waals surface area contributed by atoms with Gasteiger partial charge in [0.25, 0.3) is 5.91 Å². The van der Waals surface area contributed by atoms with E-state index in [0.717, 1.165) is 18.4 Å². The normalized spacial score (nSPS) is 20.9. The number of rotatable bonds is 6. The van der Waals surface area contributed by atoms with Gasteiger partial charge >= 0.3 is 6.18 Å². The van der Waals surface area contributed by atoms with Gasteiger partial charge in [-0.2, -0.15) is 18.4 Å². The molecule has 5 rings (SSSR count). The summed E-state index contributed by atoms with van der Waals surface area (Å²) in [6, 6.07) is 10.7. The number of aromatic nitrogens is 1. The molecule has 2 heterocycles. The summed E-state index contributed by atoms with van der Waals surface area (Å²) in [4.78, 5) is 17.1. The Morgan fingerprint density at radius 2 is 1.79 bits per heavy atom. The molecule has 0 spiro atoms. The van der Waals surface area contributed by atoms with Crippen LogP contribution < -0.4 is 0 Å². The van der Waals surface area contributed by atoms with E-state index < -0.39 is 11.6 Å². The van der Waals surface area contributed by atoms with Crippen molar-refractivity contribution in [2.75, 3.05) is 19.6 Å². The molecular formula is C24H25F3N4O2. The highest BCUT2D eigenvalue weighted by atomic mass is 19.4. The topological polar surface area (TPSA) is 73.4 Å². The number of hydrogen-bond acceptors (Lipinski definition) is 5. The number of amides is 1. The molecule has 0 radical (unpaired) electrons. The Hall–Kier alpha value is -2.86. The Labute approximate surface area is 189 Å². The minimum absolute atomic E-state index is 0.00245. The lowest BCUT2D eigenvalue weighted by atomic mass is 9.99. The van der Waals surface area contributed by atoms with Gasteiger partial charge in [0.15, 0.2) is 11.5 Å². The van der Waals surface area contributed by atoms with Gasteiger partial charge in [0, 0.05) is 43.3 Å². The average molecular weight is 458 g/mol. The van der Waals surface area contributed by atoms with E-state index in [9.17, 15) is 18.0 Å². The monoisotopic (exact) mass is 458 g/mol. The largest absolute Gasteiger partial charge is 0.395 e. The number of carbonyl (C=O) groups is 1. The molecule has 174 valence electrons. The summed E-state index contributed by atoms with van der Waals surface area (Å²) in [7, 11) is 0. The Balaban J connectivity index is 1.24. The average Bonchev–Trinajstić information content (AvgIpc) is 3.73. The van der Waals surface area contributed by atoms with Crippen molar-refractivity contribution in [3.8, 4) is 17.4 Å². The lowest BCUT2D eigenvalue weighted by Crippen LogP contribution is -2.50. The lowest BCUT2D eigenvalue weighted by Gasteiger charge is -2.39. The molecule has 2 aromatic rings. The van der Waals surface area contributed by atoms with Crippen molar-refractivity contribution in [2.45, 2.75) is 56.8 Å². The quantitative estimate of drug-likeness (QED) is 0.631. The summed E-state index contributed by atoms with van der Waals surface area (Å²) in [5.74, 6) is 0.267. The molecule has 9 heteroatoms. The van der Waals surface area contributed by atoms with Gasteiger partial charge in [0.1, 0.15) is 0 Å². The smallest absolute Gasteiger partial charge is 0.355 e. The number of halogens is 3. The van der Waals surface area contributed by atoms with Gasteiger partial charge in [-0.25, -0.2) is 0 Å². The molecule has 1 aromatic heterocycles. The highest BCUT2D eigenvalue weighted by molar-refractivity contribution is 5.93. The Morgan fingerprint density at radius 1 is 1.15 bits per heavy atom. The molecule has 1 aromatic carbocycles. The van der Waals surface area contributed by atoms with Crippen molar-refractivity contribution in [1.82, 2.24) is 15.0 Å². The number of carbonyl (C=O) groups excluding carboxylic acids is 1. The molecule has 0 atom stereocenters. The van der Waals surface area contributed by atoms with Gasteiger partial charge in [-0.05, 0) is 62.8 Å². The second-order valence-corrected chi connectivity index (χ2v) is 9.49. The van der Waals surface area contributed by atoms with Crippen LogP contribution in [0.2, 0.25) is 0 Å². The van der Waals surface area contributed by atoms with E-state index in [2.05, 4.69) is 11.2 Å². The standard InChI is InChI=1S/C24H25F3N4O2/c25-24(26,27)23(9-10-23)15-30-11-7-19(8-12-30)31(18-5-6-18)22(32)20-13-21(33-29-20)17-3-1-16(14-28)2-4-17/h1-4,13,18-19H,5-12,15H2. The zero-order valence-corrected chi connectivity index (χ0v) is 18.1. The number of benzene rings is 1. The van der Waals surface area contributed by atoms with Crippen molar-refractivity contribution in [2.24, 2.45) is 5.41 Å². The maximum absolute atomic E-state index is 13.3. The van der Waals surface area contributed by atoms with Gasteiger partial charge in [0.2, 0.25) is 0 Å². The number of nitriles is 1. The maximum atomic E-state index is 13.3. The summed E-state index contributed by atoms with van der Waals surface area (Å²) >= 11 is 0. The van der Waals surface area contributed by atoms with Crippen LogP contribution in [0.15, 0.2) is 34.9 Å². The van der Waals surface area contributed by atoms with Crippen molar-refractivity contribution >= 4 is 5.91 Å². The van der Waals surface area contributed by atoms with Crippen LogP contribution in [0.1, 0.15) is 54.6 Å². The third kappa shape index (κ3) is 4.36. The summed E-state index contributed by atoms with van der Waals surface area (Å²) in [6.07, 6.45) is -0.507. The SMILES string of the molecule is N#Cc1ccc(-c2cc(C(=O)N(C3CC3)C3CCN(CC4(C(F)(F)F)CC4)CC3)no2)cc1. The highest BCUT2D eigenvalue weighted by Crippen LogP contribution is 2.58. The van der Waals surface area contributed by atoms with Crippen LogP contribution in [-0.4, -0.2) is 58.8 Å². The van der Waals surface area contributed by atoms with Gasteiger partial charge < -0.3 is 14.3 Å². The third-order valence-corrected chi connectivity index (χ3v) is 7.13. The second-order valence-electron chi connectivity index (χ2n) is 9.49. The molecule has 0 N–H and O–H groups in total. The molecule has 1 amide bonds. The molecule has 0 bridgehead atoms. The van der Waals surface area contributed by atoms with Crippen LogP contribution in [0, 0.1) is 16.7 Å². The van der Waals surface area contributed by atoms with Gasteiger partial charge in [-0.3, -0.25) is 4.79 Å².